The van der Waals surface area contributed by atoms with Gasteiger partial charge in [0.2, 0.25) is 0 Å². The van der Waals surface area contributed by atoms with E-state index in [4.69, 9.17) is 0 Å². The molecule has 124 valence electrons. The van der Waals surface area contributed by atoms with Crippen molar-refractivity contribution in [3.63, 3.8) is 0 Å². The van der Waals surface area contributed by atoms with Gasteiger partial charge < -0.3 is 9.80 Å². The monoisotopic (exact) mass is 302 g/mol. The Labute approximate surface area is 136 Å². The van der Waals surface area contributed by atoms with Gasteiger partial charge in [-0.3, -0.25) is 0 Å². The van der Waals surface area contributed by atoms with E-state index in [9.17, 15) is 0 Å². The van der Waals surface area contributed by atoms with Gasteiger partial charge in [-0.15, -0.1) is 0 Å². The molecule has 0 aromatic carbocycles. The van der Waals surface area contributed by atoms with Gasteiger partial charge in [-0.05, 0) is 76.3 Å². The van der Waals surface area contributed by atoms with Crippen molar-refractivity contribution in [2.45, 2.75) is 51.4 Å². The summed E-state index contributed by atoms with van der Waals surface area (Å²) in [5.74, 6) is 3.97. The molecule has 2 nitrogen and oxygen atoms in total. The van der Waals surface area contributed by atoms with Crippen LogP contribution < -0.4 is 0 Å². The van der Waals surface area contributed by atoms with Gasteiger partial charge >= 0.3 is 0 Å². The summed E-state index contributed by atoms with van der Waals surface area (Å²) in [6.07, 6.45) is 11.9. The summed E-state index contributed by atoms with van der Waals surface area (Å²) in [5.41, 5.74) is 3.96. The van der Waals surface area contributed by atoms with Gasteiger partial charge in [0.1, 0.15) is 0 Å². The number of rotatable bonds is 3. The Balaban J connectivity index is 1.55. The van der Waals surface area contributed by atoms with Gasteiger partial charge in [-0.25, -0.2) is 0 Å². The molecule has 22 heavy (non-hydrogen) atoms. The van der Waals surface area contributed by atoms with Crippen LogP contribution >= 0.6 is 0 Å². The zero-order valence-electron chi connectivity index (χ0n) is 14.7. The van der Waals surface area contributed by atoms with E-state index >= 15 is 0 Å². The Hall–Kier alpha value is -0.340. The molecule has 1 heterocycles. The zero-order valence-corrected chi connectivity index (χ0v) is 14.7. The molecule has 0 bridgehead atoms. The highest BCUT2D eigenvalue weighted by molar-refractivity contribution is 5.29. The van der Waals surface area contributed by atoms with Crippen molar-refractivity contribution in [2.75, 3.05) is 40.3 Å². The largest absolute Gasteiger partial charge is 0.308 e. The Bertz CT molecular complexity index is 405. The third kappa shape index (κ3) is 2.67. The first-order chi connectivity index (χ1) is 10.7. The van der Waals surface area contributed by atoms with Crippen molar-refractivity contribution in [3.05, 3.63) is 11.1 Å². The van der Waals surface area contributed by atoms with Crippen LogP contribution in [0.4, 0.5) is 0 Å². The van der Waals surface area contributed by atoms with Gasteiger partial charge in [-0.1, -0.05) is 24.0 Å². The molecule has 3 fully saturated rings. The highest BCUT2D eigenvalue weighted by Gasteiger charge is 2.48. The lowest BCUT2D eigenvalue weighted by Crippen LogP contribution is -2.38. The van der Waals surface area contributed by atoms with Crippen molar-refractivity contribution in [1.82, 2.24) is 9.80 Å². The van der Waals surface area contributed by atoms with E-state index < -0.39 is 0 Å². The summed E-state index contributed by atoms with van der Waals surface area (Å²) in [6.45, 7) is 5.30. The molecule has 2 heteroatoms. The maximum absolute atomic E-state index is 2.80. The van der Waals surface area contributed by atoms with Crippen molar-refractivity contribution in [1.29, 1.82) is 0 Å². The number of allylic oxidation sites excluding steroid dienone is 2. The van der Waals surface area contributed by atoms with E-state index in [-0.39, 0.29) is 0 Å². The highest BCUT2D eigenvalue weighted by atomic mass is 15.2. The summed E-state index contributed by atoms with van der Waals surface area (Å²) in [5, 5.41) is 0. The third-order valence-electron chi connectivity index (χ3n) is 7.12. The smallest absolute Gasteiger partial charge is 0.0109 e. The van der Waals surface area contributed by atoms with Crippen molar-refractivity contribution in [2.24, 2.45) is 23.7 Å². The van der Waals surface area contributed by atoms with Crippen LogP contribution in [0.3, 0.4) is 0 Å². The Morgan fingerprint density at radius 3 is 1.91 bits per heavy atom. The van der Waals surface area contributed by atoms with E-state index in [1.807, 2.05) is 11.1 Å². The first kappa shape index (κ1) is 15.2. The normalized spacial score (nSPS) is 38.9. The fourth-order valence-electron chi connectivity index (χ4n) is 6.14. The fourth-order valence-corrected chi connectivity index (χ4v) is 6.14. The van der Waals surface area contributed by atoms with E-state index in [0.29, 0.717) is 0 Å². The highest BCUT2D eigenvalue weighted by Crippen LogP contribution is 2.54. The first-order valence-corrected chi connectivity index (χ1v) is 9.83. The Morgan fingerprint density at radius 2 is 1.41 bits per heavy atom. The van der Waals surface area contributed by atoms with Crippen LogP contribution in [0.1, 0.15) is 51.4 Å². The second-order valence-electron chi connectivity index (χ2n) is 8.65. The zero-order chi connectivity index (χ0) is 15.1. The quantitative estimate of drug-likeness (QED) is 0.732. The molecule has 4 aliphatic rings. The summed E-state index contributed by atoms with van der Waals surface area (Å²) in [7, 11) is 4.42. The Kier molecular flexibility index (Phi) is 4.34. The van der Waals surface area contributed by atoms with Crippen LogP contribution in [0.2, 0.25) is 0 Å². The third-order valence-corrected chi connectivity index (χ3v) is 7.12. The number of hydrogen-bond donors (Lipinski definition) is 0. The second kappa shape index (κ2) is 6.28. The minimum absolute atomic E-state index is 0.979. The van der Waals surface area contributed by atoms with E-state index in [0.717, 1.165) is 23.7 Å². The van der Waals surface area contributed by atoms with Crippen molar-refractivity contribution in [3.8, 4) is 0 Å². The van der Waals surface area contributed by atoms with Gasteiger partial charge in [0.25, 0.3) is 0 Å². The summed E-state index contributed by atoms with van der Waals surface area (Å²) in [4.78, 5) is 5.15. The lowest BCUT2D eigenvalue weighted by molar-refractivity contribution is 0.174. The summed E-state index contributed by atoms with van der Waals surface area (Å²) >= 11 is 0. The molecule has 0 radical (unpaired) electrons. The molecule has 0 N–H and O–H groups in total. The molecule has 1 saturated heterocycles. The minimum atomic E-state index is 0.979. The molecule has 3 aliphatic carbocycles. The second-order valence-corrected chi connectivity index (χ2v) is 8.65. The van der Waals surface area contributed by atoms with Gasteiger partial charge in [0.05, 0.1) is 0 Å². The number of nitrogens with zero attached hydrogens (tertiary/aromatic N) is 2. The van der Waals surface area contributed by atoms with Gasteiger partial charge in [-0.2, -0.15) is 0 Å². The topological polar surface area (TPSA) is 6.48 Å². The molecule has 2 saturated carbocycles. The molecule has 0 unspecified atom stereocenters. The molecule has 0 aromatic heterocycles. The number of likely N-dealkylation sites (N-methyl/N-ethyl adjacent to an activating group) is 1. The summed E-state index contributed by atoms with van der Waals surface area (Å²) in [6, 6.07) is 0. The van der Waals surface area contributed by atoms with Crippen LogP contribution in [0.15, 0.2) is 11.1 Å². The SMILES string of the molecule is CN(C)CCN1C[C@@H]2[C@H](C1)[C@@H]1CCCCC1=C1CCCC[C@@H]12. The minimum Gasteiger partial charge on any atom is -0.308 e. The molecule has 0 amide bonds. The van der Waals surface area contributed by atoms with Crippen LogP contribution in [0, 0.1) is 23.7 Å². The summed E-state index contributed by atoms with van der Waals surface area (Å²) < 4.78 is 0. The van der Waals surface area contributed by atoms with Gasteiger partial charge in [0.15, 0.2) is 0 Å². The van der Waals surface area contributed by atoms with Crippen LogP contribution in [0.25, 0.3) is 0 Å². The molecule has 4 rings (SSSR count). The molecule has 4 atom stereocenters. The number of likely N-dealkylation sites (tertiary alicyclic amines) is 1. The number of hydrogen-bond acceptors (Lipinski definition) is 2. The number of fused-ring (bicyclic) bond motifs is 5. The van der Waals surface area contributed by atoms with Crippen molar-refractivity contribution < 1.29 is 0 Å². The van der Waals surface area contributed by atoms with Crippen molar-refractivity contribution >= 4 is 0 Å². The molecular weight excluding hydrogens is 268 g/mol. The predicted molar refractivity (Wildman–Crippen MR) is 92.9 cm³/mol. The molecule has 1 aliphatic heterocycles. The van der Waals surface area contributed by atoms with E-state index in [1.54, 1.807) is 0 Å². The maximum atomic E-state index is 2.80. The maximum Gasteiger partial charge on any atom is 0.0109 e. The van der Waals surface area contributed by atoms with Crippen LogP contribution in [0.5, 0.6) is 0 Å². The first-order valence-electron chi connectivity index (χ1n) is 9.83. The van der Waals surface area contributed by atoms with Crippen LogP contribution in [-0.2, 0) is 0 Å². The van der Waals surface area contributed by atoms with Gasteiger partial charge in [0, 0.05) is 26.2 Å². The lowest BCUT2D eigenvalue weighted by atomic mass is 9.58. The van der Waals surface area contributed by atoms with E-state index in [2.05, 4.69) is 23.9 Å². The molecular formula is C20H34N2. The van der Waals surface area contributed by atoms with Crippen LogP contribution in [-0.4, -0.2) is 50.1 Å². The molecule has 0 spiro atoms. The average molecular weight is 303 g/mol. The standard InChI is InChI=1S/C20H34N2/c1-21(2)11-12-22-13-19-17-9-5-3-7-15(17)16-8-4-6-10-18(16)20(19)14-22/h17-20H,3-14H2,1-2H3/t17-,18+,19-,20+. The molecule has 0 aromatic rings. The Morgan fingerprint density at radius 1 is 0.864 bits per heavy atom. The average Bonchev–Trinajstić information content (AvgIpc) is 2.98. The predicted octanol–water partition coefficient (Wildman–Crippen LogP) is 3.79. The van der Waals surface area contributed by atoms with E-state index in [1.165, 1.54) is 77.5 Å². The fraction of sp³-hybridized carbons (Fsp3) is 0.900. The lowest BCUT2D eigenvalue weighted by Gasteiger charge is -2.46.